The van der Waals surface area contributed by atoms with Gasteiger partial charge in [-0.15, -0.1) is 0 Å². The van der Waals surface area contributed by atoms with Crippen molar-refractivity contribution < 1.29 is 0 Å². The predicted octanol–water partition coefficient (Wildman–Crippen LogP) is 2.60. The minimum atomic E-state index is 0.777. The number of hydrogen-bond donors (Lipinski definition) is 1. The average Bonchev–Trinajstić information content (AvgIpc) is 2.04. The first-order valence-electron chi connectivity index (χ1n) is 4.59. The highest BCUT2D eigenvalue weighted by atomic mass is 14.9. The van der Waals surface area contributed by atoms with Crippen molar-refractivity contribution in [1.29, 1.82) is 0 Å². The number of fused-ring (bicyclic) bond motifs is 1. The van der Waals surface area contributed by atoms with Crippen LogP contribution >= 0.6 is 0 Å². The number of hydrogen-bond acceptors (Lipinski definition) is 1. The van der Waals surface area contributed by atoms with Crippen molar-refractivity contribution >= 4 is 5.69 Å². The molecule has 0 bridgehead atoms. The highest BCUT2D eigenvalue weighted by molar-refractivity contribution is 5.58. The maximum Gasteiger partial charge on any atom is 0.0402 e. The summed E-state index contributed by atoms with van der Waals surface area (Å²) in [6.07, 6.45) is 1.23. The van der Waals surface area contributed by atoms with E-state index in [1.165, 1.54) is 23.2 Å². The van der Waals surface area contributed by atoms with Gasteiger partial charge in [0.2, 0.25) is 0 Å². The average molecular weight is 161 g/mol. The molecule has 0 amide bonds. The third-order valence-corrected chi connectivity index (χ3v) is 2.55. The Balaban J connectivity index is 2.42. The van der Waals surface area contributed by atoms with Gasteiger partial charge in [0.1, 0.15) is 0 Å². The Labute approximate surface area is 73.8 Å². The Hall–Kier alpha value is -0.980. The van der Waals surface area contributed by atoms with E-state index in [2.05, 4.69) is 37.4 Å². The minimum Gasteiger partial charge on any atom is -0.384 e. The van der Waals surface area contributed by atoms with Crippen LogP contribution in [0.1, 0.15) is 18.1 Å². The van der Waals surface area contributed by atoms with Gasteiger partial charge in [-0.2, -0.15) is 0 Å². The Morgan fingerprint density at radius 2 is 2.25 bits per heavy atom. The molecule has 1 aliphatic heterocycles. The second-order valence-electron chi connectivity index (χ2n) is 3.80. The molecular formula is C11H15N. The van der Waals surface area contributed by atoms with Crippen LogP contribution in [0.4, 0.5) is 5.69 Å². The maximum absolute atomic E-state index is 3.48. The monoisotopic (exact) mass is 161 g/mol. The third kappa shape index (κ3) is 1.20. The van der Waals surface area contributed by atoms with Crippen LogP contribution in [0.15, 0.2) is 18.2 Å². The normalized spacial score (nSPS) is 21.3. The largest absolute Gasteiger partial charge is 0.384 e. The fourth-order valence-electron chi connectivity index (χ4n) is 1.88. The molecule has 2 rings (SSSR count). The molecule has 0 saturated carbocycles. The van der Waals surface area contributed by atoms with E-state index in [1.807, 2.05) is 0 Å². The van der Waals surface area contributed by atoms with E-state index < -0.39 is 0 Å². The van der Waals surface area contributed by atoms with Gasteiger partial charge in [0, 0.05) is 12.2 Å². The molecule has 0 aromatic heterocycles. The van der Waals surface area contributed by atoms with Gasteiger partial charge < -0.3 is 5.32 Å². The molecule has 1 atom stereocenters. The molecule has 1 unspecified atom stereocenters. The van der Waals surface area contributed by atoms with Gasteiger partial charge in [-0.25, -0.2) is 0 Å². The molecule has 1 N–H and O–H groups in total. The molecule has 1 aromatic carbocycles. The zero-order valence-corrected chi connectivity index (χ0v) is 7.72. The van der Waals surface area contributed by atoms with Gasteiger partial charge in [-0.1, -0.05) is 25.1 Å². The van der Waals surface area contributed by atoms with Crippen molar-refractivity contribution in [3.8, 4) is 0 Å². The summed E-state index contributed by atoms with van der Waals surface area (Å²) in [6.45, 7) is 5.58. The highest BCUT2D eigenvalue weighted by Gasteiger charge is 2.14. The molecule has 0 fully saturated rings. The number of anilines is 1. The summed E-state index contributed by atoms with van der Waals surface area (Å²) in [6, 6.07) is 6.54. The first-order chi connectivity index (χ1) is 5.77. The lowest BCUT2D eigenvalue weighted by Crippen LogP contribution is -2.21. The van der Waals surface area contributed by atoms with Crippen LogP contribution in [0.5, 0.6) is 0 Å². The summed E-state index contributed by atoms with van der Waals surface area (Å²) >= 11 is 0. The van der Waals surface area contributed by atoms with E-state index in [1.54, 1.807) is 0 Å². The number of aryl methyl sites for hydroxylation is 1. The summed E-state index contributed by atoms with van der Waals surface area (Å²) in [7, 11) is 0. The van der Waals surface area contributed by atoms with Crippen molar-refractivity contribution in [2.24, 2.45) is 5.92 Å². The van der Waals surface area contributed by atoms with Gasteiger partial charge in [-0.05, 0) is 30.4 Å². The standard InChI is InChI=1S/C11H15N/c1-8-6-10-5-3-4-9(2)11(10)12-7-8/h3-5,8,12H,6-7H2,1-2H3. The third-order valence-electron chi connectivity index (χ3n) is 2.55. The van der Waals surface area contributed by atoms with Crippen LogP contribution < -0.4 is 5.32 Å². The molecular weight excluding hydrogens is 146 g/mol. The van der Waals surface area contributed by atoms with Gasteiger partial charge in [0.15, 0.2) is 0 Å². The lowest BCUT2D eigenvalue weighted by atomic mass is 9.94. The Morgan fingerprint density at radius 1 is 1.42 bits per heavy atom. The van der Waals surface area contributed by atoms with E-state index in [0.717, 1.165) is 12.5 Å². The lowest BCUT2D eigenvalue weighted by Gasteiger charge is -2.24. The van der Waals surface area contributed by atoms with E-state index >= 15 is 0 Å². The number of rotatable bonds is 0. The van der Waals surface area contributed by atoms with Crippen molar-refractivity contribution in [3.05, 3.63) is 29.3 Å². The summed E-state index contributed by atoms with van der Waals surface area (Å²) < 4.78 is 0. The summed E-state index contributed by atoms with van der Waals surface area (Å²) in [5.74, 6) is 0.777. The summed E-state index contributed by atoms with van der Waals surface area (Å²) in [5.41, 5.74) is 4.23. The SMILES string of the molecule is Cc1cccc2c1NCC(C)C2. The zero-order valence-electron chi connectivity index (χ0n) is 7.72. The van der Waals surface area contributed by atoms with Crippen LogP contribution in [0, 0.1) is 12.8 Å². The maximum atomic E-state index is 3.48. The zero-order chi connectivity index (χ0) is 8.55. The van der Waals surface area contributed by atoms with Gasteiger partial charge >= 0.3 is 0 Å². The second kappa shape index (κ2) is 2.81. The topological polar surface area (TPSA) is 12.0 Å². The van der Waals surface area contributed by atoms with E-state index in [9.17, 15) is 0 Å². The number of benzene rings is 1. The molecule has 0 aliphatic carbocycles. The van der Waals surface area contributed by atoms with Crippen molar-refractivity contribution in [1.82, 2.24) is 0 Å². The quantitative estimate of drug-likeness (QED) is 0.616. The fraction of sp³-hybridized carbons (Fsp3) is 0.455. The molecule has 1 nitrogen and oxygen atoms in total. The van der Waals surface area contributed by atoms with Crippen molar-refractivity contribution in [2.75, 3.05) is 11.9 Å². The molecule has 1 aromatic rings. The second-order valence-corrected chi connectivity index (χ2v) is 3.80. The Kier molecular flexibility index (Phi) is 1.80. The van der Waals surface area contributed by atoms with Crippen LogP contribution in [-0.2, 0) is 6.42 Å². The van der Waals surface area contributed by atoms with E-state index in [4.69, 9.17) is 0 Å². The molecule has 0 radical (unpaired) electrons. The Bertz CT molecular complexity index is 291. The van der Waals surface area contributed by atoms with Crippen LogP contribution in [0.25, 0.3) is 0 Å². The molecule has 64 valence electrons. The predicted molar refractivity (Wildman–Crippen MR) is 52.5 cm³/mol. The molecule has 0 spiro atoms. The number of nitrogens with one attached hydrogen (secondary N) is 1. The minimum absolute atomic E-state index is 0.777. The molecule has 12 heavy (non-hydrogen) atoms. The number of para-hydroxylation sites is 1. The van der Waals surface area contributed by atoms with Gasteiger partial charge in [0.05, 0.1) is 0 Å². The van der Waals surface area contributed by atoms with Gasteiger partial charge in [-0.3, -0.25) is 0 Å². The van der Waals surface area contributed by atoms with Crippen LogP contribution in [0.2, 0.25) is 0 Å². The first-order valence-corrected chi connectivity index (χ1v) is 4.59. The van der Waals surface area contributed by atoms with Crippen LogP contribution in [0.3, 0.4) is 0 Å². The lowest BCUT2D eigenvalue weighted by molar-refractivity contribution is 0.594. The fourth-order valence-corrected chi connectivity index (χ4v) is 1.88. The van der Waals surface area contributed by atoms with Crippen molar-refractivity contribution in [2.45, 2.75) is 20.3 Å². The van der Waals surface area contributed by atoms with Crippen molar-refractivity contribution in [3.63, 3.8) is 0 Å². The molecule has 1 aliphatic rings. The van der Waals surface area contributed by atoms with E-state index in [0.29, 0.717) is 0 Å². The van der Waals surface area contributed by atoms with Crippen LogP contribution in [-0.4, -0.2) is 6.54 Å². The summed E-state index contributed by atoms with van der Waals surface area (Å²) in [4.78, 5) is 0. The Morgan fingerprint density at radius 3 is 3.08 bits per heavy atom. The molecule has 0 saturated heterocycles. The first kappa shape index (κ1) is 7.66. The smallest absolute Gasteiger partial charge is 0.0402 e. The molecule has 1 heterocycles. The van der Waals surface area contributed by atoms with Gasteiger partial charge in [0.25, 0.3) is 0 Å². The highest BCUT2D eigenvalue weighted by Crippen LogP contribution is 2.27. The molecule has 1 heteroatoms. The summed E-state index contributed by atoms with van der Waals surface area (Å²) in [5, 5.41) is 3.48. The van der Waals surface area contributed by atoms with E-state index in [-0.39, 0.29) is 0 Å².